The maximum atomic E-state index is 2.52. The van der Waals surface area contributed by atoms with Gasteiger partial charge in [0.15, 0.2) is 0 Å². The first-order valence-corrected chi connectivity index (χ1v) is 50.9. The van der Waals surface area contributed by atoms with Crippen LogP contribution in [0.1, 0.15) is 0 Å². The molecule has 0 unspecified atom stereocenters. The van der Waals surface area contributed by atoms with E-state index in [1.165, 1.54) is 250 Å². The molecule has 0 fully saturated rings. The van der Waals surface area contributed by atoms with Crippen LogP contribution in [0.2, 0.25) is 0 Å². The van der Waals surface area contributed by atoms with E-state index in [0.29, 0.717) is 0 Å². The Kier molecular flexibility index (Phi) is 18.9. The van der Waals surface area contributed by atoms with E-state index in [1.54, 1.807) is 0 Å². The van der Waals surface area contributed by atoms with Crippen LogP contribution in [-0.4, -0.2) is 0 Å². The first-order valence-electron chi connectivity index (χ1n) is 50.9. The van der Waals surface area contributed by atoms with Crippen LogP contribution >= 0.6 is 0 Å². The van der Waals surface area contributed by atoms with E-state index in [2.05, 4.69) is 534 Å². The number of hydrogen-bond donors (Lipinski definition) is 0. The van der Waals surface area contributed by atoms with E-state index in [0.717, 1.165) is 66.8 Å². The Balaban J connectivity index is 0.652. The second-order valence-corrected chi connectivity index (χ2v) is 39.7. The molecule has 0 heteroatoms. The standard InChI is InChI=1S/C146H88/c1-5-35-111-90(27-1)57-60-94-65-77-106(83-131(94)111)143-119-43-13-9-39-115(119)138(116-40-10-14-44-120(116)143)99-69-55-89(56-70-99)110-87-135(102-31-25-33-104(81-102)141-123-47-17-21-51-127(123)145(128-52-22-18-48-124(128)141)108-79-67-96-62-59-92-29-3-7-37-113(92)133(96)85-108)140(101-75-73-100(74-76-101)139-117-41-11-15-45-121(117)144(122-46-16-12-42-118(122)139)107-78-66-95-61-58-91-28-2-6-36-112(91)132(95)84-107)136(88-110)103-32-26-34-105(82-103)142-125-49-19-23-53-129(125)146(130-54-24-20-50-126(130)142)109-80-68-97-64-72-98-71-63-93-30-4-8-38-114(93)137(98)134(97)86-109/h1-88H. The van der Waals surface area contributed by atoms with Crippen molar-refractivity contribution >= 4 is 183 Å². The minimum atomic E-state index is 1.10. The van der Waals surface area contributed by atoms with Gasteiger partial charge in [0.1, 0.15) is 0 Å². The van der Waals surface area contributed by atoms with Crippen LogP contribution in [0.4, 0.5) is 0 Å². The van der Waals surface area contributed by atoms with Crippen LogP contribution in [0, 0.1) is 0 Å². The van der Waals surface area contributed by atoms with Gasteiger partial charge in [-0.2, -0.15) is 0 Å². The van der Waals surface area contributed by atoms with Crippen molar-refractivity contribution in [1.82, 2.24) is 0 Å². The predicted molar refractivity (Wildman–Crippen MR) is 629 cm³/mol. The zero-order chi connectivity index (χ0) is 95.7. The summed E-state index contributed by atoms with van der Waals surface area (Å²) in [5.41, 5.74) is 28.0. The average Bonchev–Trinajstić information content (AvgIpc) is 0.734. The molecule has 0 saturated carbocycles. The molecule has 0 spiro atoms. The Labute approximate surface area is 844 Å². The Morgan fingerprint density at radius 2 is 0.253 bits per heavy atom. The second-order valence-electron chi connectivity index (χ2n) is 39.7. The van der Waals surface area contributed by atoms with E-state index in [-0.39, 0.29) is 0 Å². The lowest BCUT2D eigenvalue weighted by Gasteiger charge is -2.22. The van der Waals surface area contributed by atoms with Crippen LogP contribution in [-0.2, 0) is 0 Å². The summed E-state index contributed by atoms with van der Waals surface area (Å²) in [5.74, 6) is 0. The Hall–Kier alpha value is -19.0. The molecule has 0 saturated heterocycles. The first-order chi connectivity index (χ1) is 72.4. The van der Waals surface area contributed by atoms with Crippen LogP contribution in [0.3, 0.4) is 0 Å². The van der Waals surface area contributed by atoms with Gasteiger partial charge in [-0.25, -0.2) is 0 Å². The van der Waals surface area contributed by atoms with Gasteiger partial charge in [-0.3, -0.25) is 0 Å². The molecule has 0 aliphatic rings. The van der Waals surface area contributed by atoms with E-state index in [9.17, 15) is 0 Å². The highest BCUT2D eigenvalue weighted by molar-refractivity contribution is 6.30. The monoisotopic (exact) mass is 1840 g/mol. The van der Waals surface area contributed by atoms with Gasteiger partial charge < -0.3 is 0 Å². The second kappa shape index (κ2) is 33.4. The highest BCUT2D eigenvalue weighted by Crippen LogP contribution is 2.55. The minimum Gasteiger partial charge on any atom is -0.0616 e. The molecule has 672 valence electrons. The van der Waals surface area contributed by atoms with Crippen molar-refractivity contribution in [2.45, 2.75) is 0 Å². The van der Waals surface area contributed by atoms with Gasteiger partial charge in [-0.05, 0) is 365 Å². The molecule has 0 aliphatic carbocycles. The summed E-state index contributed by atoms with van der Waals surface area (Å²) in [4.78, 5) is 0. The number of rotatable bonds is 12. The Morgan fingerprint density at radius 1 is 0.0753 bits per heavy atom. The van der Waals surface area contributed by atoms with Crippen molar-refractivity contribution in [3.8, 4) is 134 Å². The zero-order valence-electron chi connectivity index (χ0n) is 79.8. The van der Waals surface area contributed by atoms with Gasteiger partial charge in [0.2, 0.25) is 0 Å². The fourth-order valence-electron chi connectivity index (χ4n) is 25.3. The summed E-state index contributed by atoms with van der Waals surface area (Å²) in [6.45, 7) is 0. The molecule has 0 bridgehead atoms. The summed E-state index contributed by atoms with van der Waals surface area (Å²) in [5, 5.41) is 41.7. The summed E-state index contributed by atoms with van der Waals surface area (Å²) in [6, 6.07) is 203. The molecule has 146 heavy (non-hydrogen) atoms. The SMILES string of the molecule is c1cc(-c2cc(-c3ccc(-c4c5ccccc5c(-c5ccc6ccc7ccccc7c6c5)c5ccccc45)cc3)cc(-c3cccc(-c4c5ccccc5c(-c5ccc6ccc7ccc8ccccc8c7c6c5)c5ccccc45)c3)c2-c2ccc(-c3c4ccccc4c(-c4ccc5ccc6ccccc6c5c4)c4ccccc34)cc2)cc(-c2c3ccccc3c(-c3ccc4ccc5ccccc5c4c3)c3ccccc23)c1. The fraction of sp³-hybridized carbons (Fsp3) is 0. The topological polar surface area (TPSA) is 0 Å². The lowest BCUT2D eigenvalue weighted by molar-refractivity contribution is 1.54. The molecule has 0 N–H and O–H groups in total. The maximum Gasteiger partial charge on any atom is -0.00261 e. The van der Waals surface area contributed by atoms with Gasteiger partial charge in [0.25, 0.3) is 0 Å². The van der Waals surface area contributed by atoms with E-state index in [1.807, 2.05) is 0 Å². The molecule has 0 amide bonds. The molecule has 0 heterocycles. The van der Waals surface area contributed by atoms with E-state index >= 15 is 0 Å². The maximum absolute atomic E-state index is 2.52. The summed E-state index contributed by atoms with van der Waals surface area (Å²) < 4.78 is 0. The van der Waals surface area contributed by atoms with Crippen LogP contribution in [0.25, 0.3) is 317 Å². The molecule has 30 rings (SSSR count). The normalized spacial score (nSPS) is 12.0. The van der Waals surface area contributed by atoms with Gasteiger partial charge in [0, 0.05) is 0 Å². The summed E-state index contributed by atoms with van der Waals surface area (Å²) in [6.07, 6.45) is 0. The van der Waals surface area contributed by atoms with Gasteiger partial charge in [-0.1, -0.05) is 485 Å². The molecular formula is C146H88. The fourth-order valence-corrected chi connectivity index (χ4v) is 25.3. The Bertz CT molecular complexity index is 10600. The van der Waals surface area contributed by atoms with Crippen LogP contribution in [0.5, 0.6) is 0 Å². The quantitative estimate of drug-likeness (QED) is 0.0845. The average molecular weight is 1840 g/mol. The van der Waals surface area contributed by atoms with Crippen molar-refractivity contribution in [1.29, 1.82) is 0 Å². The Morgan fingerprint density at radius 3 is 0.534 bits per heavy atom. The molecular weight excluding hydrogens is 1750 g/mol. The number of hydrogen-bond acceptors (Lipinski definition) is 0. The summed E-state index contributed by atoms with van der Waals surface area (Å²) >= 11 is 0. The molecule has 0 nitrogen and oxygen atoms in total. The van der Waals surface area contributed by atoms with Crippen molar-refractivity contribution < 1.29 is 0 Å². The van der Waals surface area contributed by atoms with Gasteiger partial charge in [0.05, 0.1) is 0 Å². The highest BCUT2D eigenvalue weighted by atomic mass is 14.3. The summed E-state index contributed by atoms with van der Waals surface area (Å²) in [7, 11) is 0. The smallest absolute Gasteiger partial charge is 0.00261 e. The van der Waals surface area contributed by atoms with Crippen LogP contribution in [0.15, 0.2) is 534 Å². The van der Waals surface area contributed by atoms with E-state index in [4.69, 9.17) is 0 Å². The van der Waals surface area contributed by atoms with E-state index < -0.39 is 0 Å². The van der Waals surface area contributed by atoms with Crippen LogP contribution < -0.4 is 0 Å². The first kappa shape index (κ1) is 82.9. The molecule has 0 atom stereocenters. The third kappa shape index (κ3) is 13.2. The lowest BCUT2D eigenvalue weighted by atomic mass is 9.81. The predicted octanol–water partition coefficient (Wildman–Crippen LogP) is 41.3. The van der Waals surface area contributed by atoms with Crippen molar-refractivity contribution in [3.05, 3.63) is 534 Å². The zero-order valence-corrected chi connectivity index (χ0v) is 79.8. The van der Waals surface area contributed by atoms with Crippen molar-refractivity contribution in [3.63, 3.8) is 0 Å². The highest BCUT2D eigenvalue weighted by Gasteiger charge is 2.28. The number of benzene rings is 30. The number of fused-ring (bicyclic) bond motifs is 22. The largest absolute Gasteiger partial charge is 0.0616 e. The molecule has 0 aromatic heterocycles. The van der Waals surface area contributed by atoms with Crippen molar-refractivity contribution in [2.24, 2.45) is 0 Å². The minimum absolute atomic E-state index is 1.10. The lowest BCUT2D eigenvalue weighted by Crippen LogP contribution is -1.96. The third-order valence-electron chi connectivity index (χ3n) is 31.9. The molecule has 0 aliphatic heterocycles. The molecule has 0 radical (unpaired) electrons. The third-order valence-corrected chi connectivity index (χ3v) is 31.9. The molecule has 30 aromatic rings. The van der Waals surface area contributed by atoms with Gasteiger partial charge in [-0.15, -0.1) is 0 Å². The molecule has 30 aromatic carbocycles. The van der Waals surface area contributed by atoms with Crippen molar-refractivity contribution in [2.75, 3.05) is 0 Å². The van der Waals surface area contributed by atoms with Gasteiger partial charge >= 0.3 is 0 Å².